The molecule has 20 heavy (non-hydrogen) atoms. The van der Waals surface area contributed by atoms with Crippen LogP contribution in [0, 0.1) is 17.7 Å². The lowest BCUT2D eigenvalue weighted by Crippen LogP contribution is -2.32. The number of hydrogen-bond acceptors (Lipinski definition) is 3. The molecule has 0 atom stereocenters. The van der Waals surface area contributed by atoms with Crippen molar-refractivity contribution in [3.63, 3.8) is 0 Å². The fourth-order valence-corrected chi connectivity index (χ4v) is 3.36. The Kier molecular flexibility index (Phi) is 6.14. The van der Waals surface area contributed by atoms with Gasteiger partial charge in [-0.05, 0) is 24.6 Å². The Labute approximate surface area is 119 Å². The number of nitrogens with zero attached hydrogens (tertiary/aromatic N) is 1. The van der Waals surface area contributed by atoms with Gasteiger partial charge in [0.15, 0.2) is 0 Å². The molecule has 4 nitrogen and oxygen atoms in total. The van der Waals surface area contributed by atoms with E-state index in [2.05, 4.69) is 11.8 Å². The third kappa shape index (κ3) is 3.79. The molecule has 0 heterocycles. The van der Waals surface area contributed by atoms with Gasteiger partial charge in [-0.3, -0.25) is 0 Å². The van der Waals surface area contributed by atoms with Crippen LogP contribution in [-0.2, 0) is 10.0 Å². The van der Waals surface area contributed by atoms with Crippen LogP contribution in [0.2, 0.25) is 0 Å². The van der Waals surface area contributed by atoms with E-state index in [4.69, 9.17) is 5.73 Å². The minimum absolute atomic E-state index is 0.168. The molecule has 0 unspecified atom stereocenters. The van der Waals surface area contributed by atoms with Crippen molar-refractivity contribution in [2.24, 2.45) is 5.73 Å². The van der Waals surface area contributed by atoms with E-state index in [1.807, 2.05) is 6.92 Å². The van der Waals surface area contributed by atoms with Crippen molar-refractivity contribution < 1.29 is 12.8 Å². The van der Waals surface area contributed by atoms with Gasteiger partial charge in [0.25, 0.3) is 0 Å². The van der Waals surface area contributed by atoms with Gasteiger partial charge in [-0.25, -0.2) is 12.8 Å². The minimum atomic E-state index is -3.80. The lowest BCUT2D eigenvalue weighted by molar-refractivity contribution is 0.423. The van der Waals surface area contributed by atoms with Crippen molar-refractivity contribution in [2.45, 2.75) is 25.2 Å². The average Bonchev–Trinajstić information content (AvgIpc) is 2.42. The van der Waals surface area contributed by atoms with E-state index in [-0.39, 0.29) is 11.4 Å². The highest BCUT2D eigenvalue weighted by atomic mass is 32.2. The molecule has 0 saturated carbocycles. The van der Waals surface area contributed by atoms with E-state index in [1.165, 1.54) is 16.4 Å². The Bertz CT molecular complexity index is 618. The van der Waals surface area contributed by atoms with Crippen molar-refractivity contribution in [3.05, 3.63) is 29.6 Å². The molecule has 0 saturated heterocycles. The first-order chi connectivity index (χ1) is 9.47. The van der Waals surface area contributed by atoms with Crippen LogP contribution in [0.3, 0.4) is 0 Å². The van der Waals surface area contributed by atoms with Gasteiger partial charge >= 0.3 is 0 Å². The molecule has 0 fully saturated rings. The lowest BCUT2D eigenvalue weighted by Gasteiger charge is -2.20. The molecule has 1 aromatic carbocycles. The Balaban J connectivity index is 3.19. The summed E-state index contributed by atoms with van der Waals surface area (Å²) < 4.78 is 39.9. The zero-order valence-electron chi connectivity index (χ0n) is 11.7. The fourth-order valence-electron chi connectivity index (χ4n) is 1.78. The molecule has 110 valence electrons. The van der Waals surface area contributed by atoms with Crippen molar-refractivity contribution in [1.82, 2.24) is 4.31 Å². The second-order valence-electron chi connectivity index (χ2n) is 4.15. The number of hydrogen-bond donors (Lipinski definition) is 1. The van der Waals surface area contributed by atoms with Crippen LogP contribution in [0.1, 0.15) is 25.8 Å². The van der Waals surface area contributed by atoms with Crippen LogP contribution in [0.25, 0.3) is 0 Å². The third-order valence-electron chi connectivity index (χ3n) is 2.71. The number of halogens is 1. The number of rotatable bonds is 5. The average molecular weight is 298 g/mol. The summed E-state index contributed by atoms with van der Waals surface area (Å²) in [6.07, 6.45) is 0.675. The molecular weight excluding hydrogens is 279 g/mol. The van der Waals surface area contributed by atoms with Crippen LogP contribution in [0.4, 0.5) is 4.39 Å². The Hall–Kier alpha value is -1.42. The minimum Gasteiger partial charge on any atom is -0.320 e. The van der Waals surface area contributed by atoms with Gasteiger partial charge in [-0.1, -0.05) is 25.7 Å². The van der Waals surface area contributed by atoms with Gasteiger partial charge in [0.1, 0.15) is 10.7 Å². The first-order valence-electron chi connectivity index (χ1n) is 6.46. The fraction of sp³-hybridized carbons (Fsp3) is 0.429. The molecule has 2 N–H and O–H groups in total. The van der Waals surface area contributed by atoms with Crippen molar-refractivity contribution in [1.29, 1.82) is 0 Å². The standard InChI is InChI=1S/C14H19FN2O2S/c1-3-10-17(4-2)20(18,19)14-8-7-12(6-5-9-16)11-13(14)15/h7-8,11H,3-4,9-10,16H2,1-2H3. The zero-order valence-corrected chi connectivity index (χ0v) is 12.5. The van der Waals surface area contributed by atoms with Gasteiger partial charge in [-0.15, -0.1) is 0 Å². The summed E-state index contributed by atoms with van der Waals surface area (Å²) >= 11 is 0. The quantitative estimate of drug-likeness (QED) is 0.839. The van der Waals surface area contributed by atoms with E-state index in [9.17, 15) is 12.8 Å². The Morgan fingerprint density at radius 3 is 2.55 bits per heavy atom. The van der Waals surface area contributed by atoms with Crippen LogP contribution >= 0.6 is 0 Å². The molecule has 0 aliphatic carbocycles. The highest BCUT2D eigenvalue weighted by Gasteiger charge is 2.25. The predicted octanol–water partition coefficient (Wildman–Crippen LogP) is 1.56. The molecule has 0 aromatic heterocycles. The largest absolute Gasteiger partial charge is 0.320 e. The molecule has 0 amide bonds. The smallest absolute Gasteiger partial charge is 0.245 e. The first-order valence-corrected chi connectivity index (χ1v) is 7.90. The summed E-state index contributed by atoms with van der Waals surface area (Å²) in [4.78, 5) is -0.314. The van der Waals surface area contributed by atoms with Crippen LogP contribution in [0.5, 0.6) is 0 Å². The second kappa shape index (κ2) is 7.39. The van der Waals surface area contributed by atoms with E-state index in [0.717, 1.165) is 6.07 Å². The highest BCUT2D eigenvalue weighted by molar-refractivity contribution is 7.89. The Morgan fingerprint density at radius 1 is 1.35 bits per heavy atom. The molecule has 0 aliphatic heterocycles. The summed E-state index contributed by atoms with van der Waals surface area (Å²) in [7, 11) is -3.80. The van der Waals surface area contributed by atoms with Crippen molar-refractivity contribution >= 4 is 10.0 Å². The maximum atomic E-state index is 14.0. The lowest BCUT2D eigenvalue weighted by atomic mass is 10.2. The van der Waals surface area contributed by atoms with Crippen LogP contribution in [0.15, 0.2) is 23.1 Å². The van der Waals surface area contributed by atoms with E-state index >= 15 is 0 Å². The molecule has 0 radical (unpaired) electrons. The molecule has 0 bridgehead atoms. The number of nitrogens with two attached hydrogens (primary N) is 1. The van der Waals surface area contributed by atoms with E-state index in [1.54, 1.807) is 6.92 Å². The van der Waals surface area contributed by atoms with E-state index < -0.39 is 15.8 Å². The summed E-state index contributed by atoms with van der Waals surface area (Å²) in [6.45, 7) is 4.45. The first kappa shape index (κ1) is 16.6. The SMILES string of the molecule is CCCN(CC)S(=O)(=O)c1ccc(C#CCN)cc1F. The summed E-state index contributed by atoms with van der Waals surface area (Å²) in [5.74, 6) is 4.48. The van der Waals surface area contributed by atoms with Gasteiger partial charge in [-0.2, -0.15) is 4.31 Å². The van der Waals surface area contributed by atoms with Gasteiger partial charge < -0.3 is 5.73 Å². The molecule has 6 heteroatoms. The summed E-state index contributed by atoms with van der Waals surface area (Å²) in [5.41, 5.74) is 5.64. The monoisotopic (exact) mass is 298 g/mol. The highest BCUT2D eigenvalue weighted by Crippen LogP contribution is 2.20. The molecule has 0 spiro atoms. The molecule has 0 aliphatic rings. The summed E-state index contributed by atoms with van der Waals surface area (Å²) in [5, 5.41) is 0. The second-order valence-corrected chi connectivity index (χ2v) is 6.05. The molecule has 1 rings (SSSR count). The van der Waals surface area contributed by atoms with E-state index in [0.29, 0.717) is 25.1 Å². The van der Waals surface area contributed by atoms with Gasteiger partial charge in [0.05, 0.1) is 6.54 Å². The Morgan fingerprint density at radius 2 is 2.05 bits per heavy atom. The van der Waals surface area contributed by atoms with Crippen LogP contribution < -0.4 is 5.73 Å². The maximum Gasteiger partial charge on any atom is 0.245 e. The van der Waals surface area contributed by atoms with Crippen molar-refractivity contribution in [2.75, 3.05) is 19.6 Å². The molecular formula is C14H19FN2O2S. The summed E-state index contributed by atoms with van der Waals surface area (Å²) in [6, 6.07) is 3.86. The third-order valence-corrected chi connectivity index (χ3v) is 4.72. The van der Waals surface area contributed by atoms with Crippen molar-refractivity contribution in [3.8, 4) is 11.8 Å². The predicted molar refractivity (Wildman–Crippen MR) is 77.1 cm³/mol. The normalized spacial score (nSPS) is 11.2. The molecule has 1 aromatic rings. The topological polar surface area (TPSA) is 63.4 Å². The number of benzene rings is 1. The van der Waals surface area contributed by atoms with Gasteiger partial charge in [0.2, 0.25) is 10.0 Å². The van der Waals surface area contributed by atoms with Crippen LogP contribution in [-0.4, -0.2) is 32.4 Å². The van der Waals surface area contributed by atoms with Gasteiger partial charge in [0, 0.05) is 18.7 Å². The zero-order chi connectivity index (χ0) is 15.2. The number of sulfonamides is 1. The maximum absolute atomic E-state index is 14.0.